The molecule has 2 nitrogen and oxygen atoms in total. The third-order valence-corrected chi connectivity index (χ3v) is 3.26. The van der Waals surface area contributed by atoms with E-state index in [9.17, 15) is 13.9 Å². The highest BCUT2D eigenvalue weighted by Crippen LogP contribution is 2.27. The molecule has 0 saturated carbocycles. The standard InChI is InChI=1S/C16H17F2NO/c1-11-7-14(18)9-15(8-11)19-16(2,10-20)12-3-5-13(17)6-4-12/h3-9,19-20H,10H2,1-2H3. The Morgan fingerprint density at radius 3 is 2.25 bits per heavy atom. The van der Waals surface area contributed by atoms with Crippen molar-refractivity contribution in [3.05, 3.63) is 65.2 Å². The second-order valence-electron chi connectivity index (χ2n) is 5.14. The quantitative estimate of drug-likeness (QED) is 0.895. The molecule has 0 radical (unpaired) electrons. The van der Waals surface area contributed by atoms with Crippen molar-refractivity contribution >= 4 is 5.69 Å². The highest BCUT2D eigenvalue weighted by Gasteiger charge is 2.25. The summed E-state index contributed by atoms with van der Waals surface area (Å²) in [5.74, 6) is -0.678. The zero-order valence-corrected chi connectivity index (χ0v) is 11.5. The fourth-order valence-electron chi connectivity index (χ4n) is 2.15. The van der Waals surface area contributed by atoms with Gasteiger partial charge in [0.15, 0.2) is 0 Å². The van der Waals surface area contributed by atoms with Crippen LogP contribution in [0.1, 0.15) is 18.1 Å². The summed E-state index contributed by atoms with van der Waals surface area (Å²) in [6, 6.07) is 10.5. The van der Waals surface area contributed by atoms with Crippen LogP contribution in [0.4, 0.5) is 14.5 Å². The average Bonchev–Trinajstić information content (AvgIpc) is 2.38. The molecule has 0 fully saturated rings. The number of rotatable bonds is 4. The van der Waals surface area contributed by atoms with Gasteiger partial charge in [0.2, 0.25) is 0 Å². The Morgan fingerprint density at radius 2 is 1.70 bits per heavy atom. The van der Waals surface area contributed by atoms with E-state index in [1.807, 2.05) is 0 Å². The number of halogens is 2. The lowest BCUT2D eigenvalue weighted by Gasteiger charge is -2.30. The maximum absolute atomic E-state index is 13.4. The number of aliphatic hydroxyl groups excluding tert-OH is 1. The Labute approximate surface area is 117 Å². The van der Waals surface area contributed by atoms with Crippen molar-refractivity contribution in [2.24, 2.45) is 0 Å². The van der Waals surface area contributed by atoms with Gasteiger partial charge in [-0.2, -0.15) is 0 Å². The van der Waals surface area contributed by atoms with E-state index >= 15 is 0 Å². The third-order valence-electron chi connectivity index (χ3n) is 3.26. The van der Waals surface area contributed by atoms with Gasteiger partial charge >= 0.3 is 0 Å². The van der Waals surface area contributed by atoms with Crippen molar-refractivity contribution < 1.29 is 13.9 Å². The van der Waals surface area contributed by atoms with E-state index in [2.05, 4.69) is 5.32 Å². The van der Waals surface area contributed by atoms with Crippen LogP contribution in [-0.2, 0) is 5.54 Å². The number of hydrogen-bond donors (Lipinski definition) is 2. The van der Waals surface area contributed by atoms with Crippen LogP contribution < -0.4 is 5.32 Å². The van der Waals surface area contributed by atoms with Crippen molar-refractivity contribution in [3.63, 3.8) is 0 Å². The molecule has 0 bridgehead atoms. The Balaban J connectivity index is 2.33. The molecule has 0 aromatic heterocycles. The second kappa shape index (κ2) is 5.59. The lowest BCUT2D eigenvalue weighted by molar-refractivity contribution is 0.224. The molecule has 0 saturated heterocycles. The minimum absolute atomic E-state index is 0.200. The molecule has 0 heterocycles. The summed E-state index contributed by atoms with van der Waals surface area (Å²) < 4.78 is 26.4. The monoisotopic (exact) mass is 277 g/mol. The molecule has 2 N–H and O–H groups in total. The lowest BCUT2D eigenvalue weighted by Crippen LogP contribution is -2.35. The Kier molecular flexibility index (Phi) is 4.04. The summed E-state index contributed by atoms with van der Waals surface area (Å²) in [5, 5.41) is 12.8. The molecule has 0 aliphatic carbocycles. The topological polar surface area (TPSA) is 32.3 Å². The van der Waals surface area contributed by atoms with Crippen LogP contribution in [0.25, 0.3) is 0 Å². The number of nitrogens with one attached hydrogen (secondary N) is 1. The van der Waals surface area contributed by atoms with Crippen LogP contribution in [0, 0.1) is 18.6 Å². The smallest absolute Gasteiger partial charge is 0.125 e. The number of aryl methyl sites for hydroxylation is 1. The van der Waals surface area contributed by atoms with E-state index < -0.39 is 5.54 Å². The first-order valence-electron chi connectivity index (χ1n) is 6.35. The zero-order chi connectivity index (χ0) is 14.8. The summed E-state index contributed by atoms with van der Waals surface area (Å²) in [5.41, 5.74) is 1.27. The van der Waals surface area contributed by atoms with Gasteiger partial charge in [0, 0.05) is 5.69 Å². The molecule has 2 aromatic carbocycles. The minimum Gasteiger partial charge on any atom is -0.394 e. The average molecular weight is 277 g/mol. The van der Waals surface area contributed by atoms with Gasteiger partial charge in [0.05, 0.1) is 12.1 Å². The molecule has 20 heavy (non-hydrogen) atoms. The predicted octanol–water partition coefficient (Wildman–Crippen LogP) is 3.59. The molecule has 1 atom stereocenters. The molecule has 0 spiro atoms. The van der Waals surface area contributed by atoms with E-state index in [0.29, 0.717) is 5.69 Å². The summed E-state index contributed by atoms with van der Waals surface area (Å²) in [6.45, 7) is 3.37. The highest BCUT2D eigenvalue weighted by atomic mass is 19.1. The van der Waals surface area contributed by atoms with Crippen LogP contribution in [0.5, 0.6) is 0 Å². The van der Waals surface area contributed by atoms with Crippen LogP contribution in [-0.4, -0.2) is 11.7 Å². The van der Waals surface area contributed by atoms with Gasteiger partial charge in [0.1, 0.15) is 11.6 Å². The number of anilines is 1. The van der Waals surface area contributed by atoms with E-state index in [-0.39, 0.29) is 18.2 Å². The second-order valence-corrected chi connectivity index (χ2v) is 5.14. The fraction of sp³-hybridized carbons (Fsp3) is 0.250. The van der Waals surface area contributed by atoms with E-state index in [1.165, 1.54) is 24.3 Å². The van der Waals surface area contributed by atoms with Crippen LogP contribution >= 0.6 is 0 Å². The summed E-state index contributed by atoms with van der Waals surface area (Å²) >= 11 is 0. The molecule has 0 amide bonds. The summed E-state index contributed by atoms with van der Waals surface area (Å²) in [7, 11) is 0. The lowest BCUT2D eigenvalue weighted by atomic mass is 9.92. The minimum atomic E-state index is -0.812. The van der Waals surface area contributed by atoms with Gasteiger partial charge in [-0.05, 0) is 55.3 Å². The Morgan fingerprint density at radius 1 is 1.05 bits per heavy atom. The zero-order valence-electron chi connectivity index (χ0n) is 11.5. The van der Waals surface area contributed by atoms with Gasteiger partial charge in [-0.25, -0.2) is 8.78 Å². The SMILES string of the molecule is Cc1cc(F)cc(NC(C)(CO)c2ccc(F)cc2)c1. The molecule has 2 rings (SSSR count). The Hall–Kier alpha value is -1.94. The van der Waals surface area contributed by atoms with E-state index in [0.717, 1.165) is 11.1 Å². The number of benzene rings is 2. The Bertz CT molecular complexity index is 578. The van der Waals surface area contributed by atoms with Crippen molar-refractivity contribution in [3.8, 4) is 0 Å². The number of hydrogen-bond acceptors (Lipinski definition) is 2. The predicted molar refractivity (Wildman–Crippen MR) is 75.6 cm³/mol. The van der Waals surface area contributed by atoms with E-state index in [4.69, 9.17) is 0 Å². The van der Waals surface area contributed by atoms with Crippen molar-refractivity contribution in [1.29, 1.82) is 0 Å². The van der Waals surface area contributed by atoms with Crippen LogP contribution in [0.2, 0.25) is 0 Å². The van der Waals surface area contributed by atoms with Crippen molar-refractivity contribution in [2.45, 2.75) is 19.4 Å². The van der Waals surface area contributed by atoms with Crippen LogP contribution in [0.3, 0.4) is 0 Å². The normalized spacial score (nSPS) is 13.8. The van der Waals surface area contributed by atoms with Gasteiger partial charge < -0.3 is 10.4 Å². The van der Waals surface area contributed by atoms with E-state index in [1.54, 1.807) is 32.0 Å². The van der Waals surface area contributed by atoms with Gasteiger partial charge in [0.25, 0.3) is 0 Å². The number of aliphatic hydroxyl groups is 1. The molecule has 0 aliphatic heterocycles. The highest BCUT2D eigenvalue weighted by molar-refractivity contribution is 5.50. The first kappa shape index (κ1) is 14.5. The summed E-state index contributed by atoms with van der Waals surface area (Å²) in [4.78, 5) is 0. The molecular formula is C16H17F2NO. The largest absolute Gasteiger partial charge is 0.394 e. The van der Waals surface area contributed by atoms with Crippen LogP contribution in [0.15, 0.2) is 42.5 Å². The molecule has 2 aromatic rings. The van der Waals surface area contributed by atoms with Crippen molar-refractivity contribution in [1.82, 2.24) is 0 Å². The third kappa shape index (κ3) is 3.14. The molecular weight excluding hydrogens is 260 g/mol. The molecule has 1 unspecified atom stereocenters. The molecule has 4 heteroatoms. The fourth-order valence-corrected chi connectivity index (χ4v) is 2.15. The van der Waals surface area contributed by atoms with Gasteiger partial charge in [-0.15, -0.1) is 0 Å². The molecule has 0 aliphatic rings. The summed E-state index contributed by atoms with van der Waals surface area (Å²) in [6.07, 6.45) is 0. The van der Waals surface area contributed by atoms with Crippen molar-refractivity contribution in [2.75, 3.05) is 11.9 Å². The molecule has 106 valence electrons. The van der Waals surface area contributed by atoms with Gasteiger partial charge in [-0.1, -0.05) is 12.1 Å². The maximum Gasteiger partial charge on any atom is 0.125 e. The maximum atomic E-state index is 13.4. The first-order chi connectivity index (χ1) is 9.43. The van der Waals surface area contributed by atoms with Gasteiger partial charge in [-0.3, -0.25) is 0 Å². The first-order valence-corrected chi connectivity index (χ1v) is 6.35.